The van der Waals surface area contributed by atoms with Crippen LogP contribution in [0.3, 0.4) is 0 Å². The van der Waals surface area contributed by atoms with Crippen LogP contribution in [0.15, 0.2) is 0 Å². The summed E-state index contributed by atoms with van der Waals surface area (Å²) in [5.41, 5.74) is -0.716. The smallest absolute Gasteiger partial charge is 0.322 e. The van der Waals surface area contributed by atoms with Crippen LogP contribution in [0.25, 0.3) is 0 Å². The predicted molar refractivity (Wildman–Crippen MR) is 40.3 cm³/mol. The number of esters is 2. The molecule has 0 aromatic carbocycles. The van der Waals surface area contributed by atoms with Gasteiger partial charge in [0.25, 0.3) is 0 Å². The zero-order valence-electron chi connectivity index (χ0n) is 7.25. The van der Waals surface area contributed by atoms with Gasteiger partial charge in [-0.1, -0.05) is 6.92 Å². The van der Waals surface area contributed by atoms with E-state index >= 15 is 0 Å². The van der Waals surface area contributed by atoms with Crippen molar-refractivity contribution in [2.75, 3.05) is 13.7 Å². The van der Waals surface area contributed by atoms with Crippen molar-refractivity contribution < 1.29 is 19.1 Å². The molecule has 0 radical (unpaired) electrons. The molecule has 0 amide bonds. The van der Waals surface area contributed by atoms with E-state index in [1.54, 1.807) is 0 Å². The van der Waals surface area contributed by atoms with Crippen molar-refractivity contribution in [3.63, 3.8) is 0 Å². The molecule has 1 heterocycles. The quantitative estimate of drug-likeness (QED) is 0.459. The van der Waals surface area contributed by atoms with Crippen LogP contribution in [-0.2, 0) is 19.1 Å². The third kappa shape index (κ3) is 1.34. The van der Waals surface area contributed by atoms with Gasteiger partial charge in [0.1, 0.15) is 5.41 Å². The van der Waals surface area contributed by atoms with Crippen LogP contribution in [0, 0.1) is 5.41 Å². The normalized spacial score (nSPS) is 29.2. The molecule has 0 aromatic heterocycles. The second kappa shape index (κ2) is 3.23. The summed E-state index contributed by atoms with van der Waals surface area (Å²) in [5, 5.41) is 0. The van der Waals surface area contributed by atoms with Crippen molar-refractivity contribution in [2.24, 2.45) is 5.41 Å². The zero-order valence-corrected chi connectivity index (χ0v) is 7.25. The summed E-state index contributed by atoms with van der Waals surface area (Å²) in [6.45, 7) is 2.10. The predicted octanol–water partition coefficient (Wildman–Crippen LogP) is 0.503. The molecule has 1 unspecified atom stereocenters. The van der Waals surface area contributed by atoms with Crippen LogP contribution in [0.4, 0.5) is 0 Å². The van der Waals surface area contributed by atoms with Gasteiger partial charge in [0.15, 0.2) is 0 Å². The summed E-state index contributed by atoms with van der Waals surface area (Å²) >= 11 is 0. The van der Waals surface area contributed by atoms with Crippen molar-refractivity contribution in [1.82, 2.24) is 0 Å². The number of cyclic esters (lactones) is 2. The van der Waals surface area contributed by atoms with Crippen molar-refractivity contribution in [2.45, 2.75) is 19.8 Å². The van der Waals surface area contributed by atoms with Gasteiger partial charge >= 0.3 is 11.9 Å². The van der Waals surface area contributed by atoms with Crippen LogP contribution in [0.2, 0.25) is 0 Å². The lowest BCUT2D eigenvalue weighted by Crippen LogP contribution is -2.30. The first-order valence-corrected chi connectivity index (χ1v) is 3.88. The van der Waals surface area contributed by atoms with Crippen molar-refractivity contribution in [3.8, 4) is 0 Å². The Morgan fingerprint density at radius 1 is 1.58 bits per heavy atom. The molecule has 1 saturated heterocycles. The fourth-order valence-corrected chi connectivity index (χ4v) is 1.35. The summed E-state index contributed by atoms with van der Waals surface area (Å²) in [6, 6.07) is 0. The monoisotopic (exact) mass is 172 g/mol. The summed E-state index contributed by atoms with van der Waals surface area (Å²) in [5.74, 6) is -0.893. The largest absolute Gasteiger partial charge is 0.393 e. The topological polar surface area (TPSA) is 52.6 Å². The van der Waals surface area contributed by atoms with Crippen LogP contribution < -0.4 is 0 Å². The maximum absolute atomic E-state index is 11.2. The van der Waals surface area contributed by atoms with E-state index in [1.807, 2.05) is 6.92 Å². The van der Waals surface area contributed by atoms with Crippen molar-refractivity contribution in [1.29, 1.82) is 0 Å². The first-order chi connectivity index (χ1) is 5.64. The van der Waals surface area contributed by atoms with E-state index in [0.29, 0.717) is 6.42 Å². The fourth-order valence-electron chi connectivity index (χ4n) is 1.35. The molecule has 1 fully saturated rings. The summed E-state index contributed by atoms with van der Waals surface area (Å²) < 4.78 is 9.35. The molecule has 0 aromatic rings. The molecular formula is C8H12O4. The third-order valence-corrected chi connectivity index (χ3v) is 2.22. The Bertz CT molecular complexity index is 211. The first kappa shape index (κ1) is 9.19. The van der Waals surface area contributed by atoms with Crippen LogP contribution >= 0.6 is 0 Å². The number of carbonyl (C=O) groups excluding carboxylic acids is 2. The number of hydrogen-bond acceptors (Lipinski definition) is 4. The Morgan fingerprint density at radius 2 is 2.25 bits per heavy atom. The number of ether oxygens (including phenoxy) is 2. The molecule has 0 saturated carbocycles. The Hall–Kier alpha value is -0.900. The SMILES string of the molecule is CCC1(COC)CC(=O)OC1=O. The van der Waals surface area contributed by atoms with E-state index in [4.69, 9.17) is 4.74 Å². The lowest BCUT2D eigenvalue weighted by atomic mass is 9.84. The molecule has 68 valence electrons. The summed E-state index contributed by atoms with van der Waals surface area (Å²) in [7, 11) is 1.51. The lowest BCUT2D eigenvalue weighted by molar-refractivity contribution is -0.156. The maximum atomic E-state index is 11.2. The molecule has 12 heavy (non-hydrogen) atoms. The highest BCUT2D eigenvalue weighted by atomic mass is 16.6. The number of methoxy groups -OCH3 is 1. The first-order valence-electron chi connectivity index (χ1n) is 3.88. The summed E-state index contributed by atoms with van der Waals surface area (Å²) in [4.78, 5) is 22.0. The van der Waals surface area contributed by atoms with Gasteiger partial charge in [0.05, 0.1) is 13.0 Å². The van der Waals surface area contributed by atoms with Gasteiger partial charge in [-0.3, -0.25) is 9.59 Å². The molecule has 4 nitrogen and oxygen atoms in total. The average molecular weight is 172 g/mol. The molecule has 4 heteroatoms. The Balaban J connectivity index is 2.78. The molecule has 1 aliphatic rings. The molecule has 1 atom stereocenters. The summed E-state index contributed by atoms with van der Waals surface area (Å²) in [6.07, 6.45) is 0.724. The number of hydrogen-bond donors (Lipinski definition) is 0. The van der Waals surface area contributed by atoms with E-state index in [0.717, 1.165) is 0 Å². The van der Waals surface area contributed by atoms with E-state index in [1.165, 1.54) is 7.11 Å². The molecular weight excluding hydrogens is 160 g/mol. The van der Waals surface area contributed by atoms with Gasteiger partial charge < -0.3 is 9.47 Å². The number of rotatable bonds is 3. The minimum Gasteiger partial charge on any atom is -0.393 e. The van der Waals surface area contributed by atoms with Gasteiger partial charge in [0.2, 0.25) is 0 Å². The molecule has 0 N–H and O–H groups in total. The van der Waals surface area contributed by atoms with E-state index in [9.17, 15) is 9.59 Å². The van der Waals surface area contributed by atoms with E-state index in [-0.39, 0.29) is 13.0 Å². The highest BCUT2D eigenvalue weighted by molar-refractivity contribution is 5.97. The molecule has 0 aliphatic carbocycles. The Morgan fingerprint density at radius 3 is 2.58 bits per heavy atom. The highest BCUT2D eigenvalue weighted by Crippen LogP contribution is 2.34. The Kier molecular flexibility index (Phi) is 2.47. The van der Waals surface area contributed by atoms with Gasteiger partial charge in [-0.05, 0) is 6.42 Å². The van der Waals surface area contributed by atoms with Gasteiger partial charge in [0, 0.05) is 7.11 Å². The fraction of sp³-hybridized carbons (Fsp3) is 0.750. The standard InChI is InChI=1S/C8H12O4/c1-3-8(5-11-2)4-6(9)12-7(8)10/h3-5H2,1-2H3. The molecule has 0 spiro atoms. The van der Waals surface area contributed by atoms with Crippen LogP contribution in [0.1, 0.15) is 19.8 Å². The number of carbonyl (C=O) groups is 2. The minimum atomic E-state index is -0.716. The van der Waals surface area contributed by atoms with E-state index < -0.39 is 17.4 Å². The lowest BCUT2D eigenvalue weighted by Gasteiger charge is -2.19. The molecule has 1 rings (SSSR count). The van der Waals surface area contributed by atoms with E-state index in [2.05, 4.69) is 4.74 Å². The highest BCUT2D eigenvalue weighted by Gasteiger charge is 2.47. The van der Waals surface area contributed by atoms with Gasteiger partial charge in [-0.15, -0.1) is 0 Å². The van der Waals surface area contributed by atoms with Gasteiger partial charge in [-0.2, -0.15) is 0 Å². The maximum Gasteiger partial charge on any atom is 0.322 e. The Labute approximate surface area is 70.8 Å². The van der Waals surface area contributed by atoms with Gasteiger partial charge in [-0.25, -0.2) is 0 Å². The third-order valence-electron chi connectivity index (χ3n) is 2.22. The minimum absolute atomic E-state index is 0.149. The second-order valence-electron chi connectivity index (χ2n) is 3.01. The van der Waals surface area contributed by atoms with Crippen molar-refractivity contribution in [3.05, 3.63) is 0 Å². The van der Waals surface area contributed by atoms with Crippen molar-refractivity contribution >= 4 is 11.9 Å². The second-order valence-corrected chi connectivity index (χ2v) is 3.01. The average Bonchev–Trinajstić information content (AvgIpc) is 2.28. The van der Waals surface area contributed by atoms with Crippen LogP contribution in [-0.4, -0.2) is 25.7 Å². The molecule has 1 aliphatic heterocycles. The van der Waals surface area contributed by atoms with Crippen LogP contribution in [0.5, 0.6) is 0 Å². The zero-order chi connectivity index (χ0) is 9.19. The molecule has 0 bridgehead atoms.